The lowest BCUT2D eigenvalue weighted by Crippen LogP contribution is -2.08. The molecular formula is C11H14ClNO. The summed E-state index contributed by atoms with van der Waals surface area (Å²) in [7, 11) is 1.68. The van der Waals surface area contributed by atoms with Gasteiger partial charge in [-0.15, -0.1) is 0 Å². The summed E-state index contributed by atoms with van der Waals surface area (Å²) in [5.74, 6) is 1.42. The molecule has 1 unspecified atom stereocenters. The van der Waals surface area contributed by atoms with Crippen LogP contribution in [0, 0.1) is 0 Å². The lowest BCUT2D eigenvalue weighted by atomic mass is 9.98. The molecule has 1 atom stereocenters. The zero-order valence-corrected chi connectivity index (χ0v) is 8.97. The normalized spacial score (nSPS) is 21.1. The molecule has 1 aliphatic rings. The Morgan fingerprint density at radius 3 is 3.00 bits per heavy atom. The van der Waals surface area contributed by atoms with E-state index in [0.717, 1.165) is 30.3 Å². The van der Waals surface area contributed by atoms with Gasteiger partial charge in [-0.05, 0) is 42.6 Å². The summed E-state index contributed by atoms with van der Waals surface area (Å²) in [6.45, 7) is 2.10. The van der Waals surface area contributed by atoms with Gasteiger partial charge in [0.25, 0.3) is 0 Å². The van der Waals surface area contributed by atoms with E-state index in [0.29, 0.717) is 5.92 Å². The summed E-state index contributed by atoms with van der Waals surface area (Å²) in [4.78, 5) is 0. The average molecular weight is 212 g/mol. The topological polar surface area (TPSA) is 21.3 Å². The van der Waals surface area contributed by atoms with Crippen LogP contribution < -0.4 is 10.1 Å². The van der Waals surface area contributed by atoms with E-state index in [1.807, 2.05) is 18.2 Å². The fourth-order valence-electron chi connectivity index (χ4n) is 1.88. The number of methoxy groups -OCH3 is 1. The maximum atomic E-state index is 6.15. The van der Waals surface area contributed by atoms with Gasteiger partial charge in [-0.1, -0.05) is 11.6 Å². The second-order valence-electron chi connectivity index (χ2n) is 3.58. The first-order valence-electron chi connectivity index (χ1n) is 4.85. The predicted octanol–water partition coefficient (Wildman–Crippen LogP) is 2.43. The molecule has 2 nitrogen and oxygen atoms in total. The van der Waals surface area contributed by atoms with E-state index >= 15 is 0 Å². The van der Waals surface area contributed by atoms with Gasteiger partial charge >= 0.3 is 0 Å². The van der Waals surface area contributed by atoms with Crippen molar-refractivity contribution < 1.29 is 4.74 Å². The minimum atomic E-state index is 0.539. The van der Waals surface area contributed by atoms with Crippen molar-refractivity contribution in [3.8, 4) is 5.75 Å². The molecule has 1 heterocycles. The number of rotatable bonds is 2. The molecular weight excluding hydrogens is 198 g/mol. The largest absolute Gasteiger partial charge is 0.497 e. The van der Waals surface area contributed by atoms with Crippen molar-refractivity contribution in [3.63, 3.8) is 0 Å². The van der Waals surface area contributed by atoms with Crippen LogP contribution in [0.2, 0.25) is 5.02 Å². The highest BCUT2D eigenvalue weighted by molar-refractivity contribution is 6.31. The Hall–Kier alpha value is -0.730. The van der Waals surface area contributed by atoms with E-state index in [1.54, 1.807) is 7.11 Å². The lowest BCUT2D eigenvalue weighted by molar-refractivity contribution is 0.414. The van der Waals surface area contributed by atoms with Gasteiger partial charge < -0.3 is 10.1 Å². The van der Waals surface area contributed by atoms with Gasteiger partial charge in [0.1, 0.15) is 5.75 Å². The number of hydrogen-bond donors (Lipinski definition) is 1. The molecule has 1 aromatic rings. The molecule has 14 heavy (non-hydrogen) atoms. The SMILES string of the molecule is COc1ccc(Cl)c(C2CCNC2)c1. The molecule has 76 valence electrons. The quantitative estimate of drug-likeness (QED) is 0.812. The molecule has 0 radical (unpaired) electrons. The molecule has 0 aliphatic carbocycles. The van der Waals surface area contributed by atoms with Gasteiger partial charge in [-0.25, -0.2) is 0 Å². The van der Waals surface area contributed by atoms with Crippen molar-refractivity contribution >= 4 is 11.6 Å². The Labute approximate surface area is 89.2 Å². The Kier molecular flexibility index (Phi) is 2.94. The summed E-state index contributed by atoms with van der Waals surface area (Å²) < 4.78 is 5.19. The number of benzene rings is 1. The van der Waals surface area contributed by atoms with Crippen molar-refractivity contribution in [2.45, 2.75) is 12.3 Å². The van der Waals surface area contributed by atoms with Crippen LogP contribution in [0.15, 0.2) is 18.2 Å². The third kappa shape index (κ3) is 1.86. The first kappa shape index (κ1) is 9.81. The summed E-state index contributed by atoms with van der Waals surface area (Å²) in [6, 6.07) is 5.85. The minimum Gasteiger partial charge on any atom is -0.497 e. The van der Waals surface area contributed by atoms with Gasteiger partial charge in [0.05, 0.1) is 7.11 Å². The van der Waals surface area contributed by atoms with Crippen molar-refractivity contribution in [1.82, 2.24) is 5.32 Å². The number of ether oxygens (including phenoxy) is 1. The molecule has 0 bridgehead atoms. The number of nitrogens with one attached hydrogen (secondary N) is 1. The van der Waals surface area contributed by atoms with E-state index in [4.69, 9.17) is 16.3 Å². The van der Waals surface area contributed by atoms with Gasteiger partial charge in [0, 0.05) is 11.6 Å². The third-order valence-electron chi connectivity index (χ3n) is 2.70. The highest BCUT2D eigenvalue weighted by Crippen LogP contribution is 2.31. The molecule has 0 amide bonds. The van der Waals surface area contributed by atoms with Crippen LogP contribution in [0.25, 0.3) is 0 Å². The molecule has 3 heteroatoms. The molecule has 1 fully saturated rings. The van der Waals surface area contributed by atoms with Crippen LogP contribution in [0.3, 0.4) is 0 Å². The molecule has 0 spiro atoms. The fraction of sp³-hybridized carbons (Fsp3) is 0.455. The molecule has 1 N–H and O–H groups in total. The summed E-state index contributed by atoms with van der Waals surface area (Å²) >= 11 is 6.15. The maximum absolute atomic E-state index is 6.15. The monoisotopic (exact) mass is 211 g/mol. The van der Waals surface area contributed by atoms with Gasteiger partial charge in [0.2, 0.25) is 0 Å². The van der Waals surface area contributed by atoms with E-state index in [9.17, 15) is 0 Å². The smallest absolute Gasteiger partial charge is 0.119 e. The highest BCUT2D eigenvalue weighted by Gasteiger charge is 2.19. The molecule has 1 saturated heterocycles. The Bertz CT molecular complexity index is 321. The van der Waals surface area contributed by atoms with Crippen LogP contribution in [0.5, 0.6) is 5.75 Å². The summed E-state index contributed by atoms with van der Waals surface area (Å²) in [5.41, 5.74) is 1.20. The second kappa shape index (κ2) is 4.20. The van der Waals surface area contributed by atoms with Crippen LogP contribution in [0.1, 0.15) is 17.9 Å². The van der Waals surface area contributed by atoms with Gasteiger partial charge in [-0.2, -0.15) is 0 Å². The average Bonchev–Trinajstić information content (AvgIpc) is 2.71. The van der Waals surface area contributed by atoms with E-state index < -0.39 is 0 Å². The Balaban J connectivity index is 2.29. The Morgan fingerprint density at radius 2 is 2.36 bits per heavy atom. The maximum Gasteiger partial charge on any atom is 0.119 e. The minimum absolute atomic E-state index is 0.539. The standard InChI is InChI=1S/C11H14ClNO/c1-14-9-2-3-11(12)10(6-9)8-4-5-13-7-8/h2-3,6,8,13H,4-5,7H2,1H3. The zero-order valence-electron chi connectivity index (χ0n) is 8.22. The molecule has 1 aliphatic heterocycles. The molecule has 0 aromatic heterocycles. The highest BCUT2D eigenvalue weighted by atomic mass is 35.5. The third-order valence-corrected chi connectivity index (χ3v) is 3.05. The van der Waals surface area contributed by atoms with Crippen LogP contribution in [0.4, 0.5) is 0 Å². The number of hydrogen-bond acceptors (Lipinski definition) is 2. The lowest BCUT2D eigenvalue weighted by Gasteiger charge is -2.12. The zero-order chi connectivity index (χ0) is 9.97. The fourth-order valence-corrected chi connectivity index (χ4v) is 2.15. The molecule has 0 saturated carbocycles. The first-order chi connectivity index (χ1) is 6.81. The van der Waals surface area contributed by atoms with Gasteiger partial charge in [0.15, 0.2) is 0 Å². The first-order valence-corrected chi connectivity index (χ1v) is 5.23. The van der Waals surface area contributed by atoms with E-state index in [2.05, 4.69) is 5.32 Å². The van der Waals surface area contributed by atoms with E-state index in [1.165, 1.54) is 5.56 Å². The predicted molar refractivity (Wildman–Crippen MR) is 58.2 cm³/mol. The molecule has 2 rings (SSSR count). The summed E-state index contributed by atoms with van der Waals surface area (Å²) in [6.07, 6.45) is 1.16. The van der Waals surface area contributed by atoms with E-state index in [-0.39, 0.29) is 0 Å². The van der Waals surface area contributed by atoms with Crippen molar-refractivity contribution in [2.75, 3.05) is 20.2 Å². The van der Waals surface area contributed by atoms with Crippen LogP contribution in [-0.2, 0) is 0 Å². The van der Waals surface area contributed by atoms with Crippen molar-refractivity contribution in [1.29, 1.82) is 0 Å². The van der Waals surface area contributed by atoms with Crippen LogP contribution >= 0.6 is 11.6 Å². The van der Waals surface area contributed by atoms with Crippen molar-refractivity contribution in [3.05, 3.63) is 28.8 Å². The van der Waals surface area contributed by atoms with Crippen molar-refractivity contribution in [2.24, 2.45) is 0 Å². The van der Waals surface area contributed by atoms with Gasteiger partial charge in [-0.3, -0.25) is 0 Å². The Morgan fingerprint density at radius 1 is 1.50 bits per heavy atom. The second-order valence-corrected chi connectivity index (χ2v) is 3.98. The van der Waals surface area contributed by atoms with Crippen LogP contribution in [-0.4, -0.2) is 20.2 Å². The molecule has 1 aromatic carbocycles. The summed E-state index contributed by atoms with van der Waals surface area (Å²) in [5, 5.41) is 4.18. The number of halogens is 1.